The Labute approximate surface area is 143 Å². The molecule has 7 heteroatoms. The Hall–Kier alpha value is -2.93. The van der Waals surface area contributed by atoms with Gasteiger partial charge >= 0.3 is 0 Å². The lowest BCUT2D eigenvalue weighted by Crippen LogP contribution is -2.34. The first-order valence-corrected chi connectivity index (χ1v) is 7.61. The normalized spacial score (nSPS) is 17.4. The molecule has 0 radical (unpaired) electrons. The molecule has 3 rings (SSSR count). The number of carbonyl (C=O) groups excluding carboxylic acids is 2. The second-order valence-corrected chi connectivity index (χ2v) is 5.51. The van der Waals surface area contributed by atoms with Gasteiger partial charge in [-0.05, 0) is 29.8 Å². The van der Waals surface area contributed by atoms with Crippen molar-refractivity contribution in [2.75, 3.05) is 20.3 Å². The molecule has 0 aliphatic carbocycles. The van der Waals surface area contributed by atoms with Crippen molar-refractivity contribution in [2.24, 2.45) is 0 Å². The summed E-state index contributed by atoms with van der Waals surface area (Å²) < 4.78 is 23.4. The molecule has 130 valence electrons. The molecule has 0 fully saturated rings. The molecule has 2 heterocycles. The van der Waals surface area contributed by atoms with Gasteiger partial charge in [0.2, 0.25) is 5.78 Å². The summed E-state index contributed by atoms with van der Waals surface area (Å²) in [6.45, 7) is 0.384. The molecule has 0 saturated carbocycles. The van der Waals surface area contributed by atoms with Crippen molar-refractivity contribution in [2.45, 2.75) is 6.04 Å². The quantitative estimate of drug-likeness (QED) is 0.814. The second-order valence-electron chi connectivity index (χ2n) is 5.51. The first kappa shape index (κ1) is 16.9. The van der Waals surface area contributed by atoms with E-state index in [0.29, 0.717) is 5.56 Å². The zero-order valence-electron chi connectivity index (χ0n) is 13.4. The highest BCUT2D eigenvalue weighted by Crippen LogP contribution is 2.38. The fourth-order valence-electron chi connectivity index (χ4n) is 2.84. The lowest BCUT2D eigenvalue weighted by molar-refractivity contribution is -0.130. The number of carbonyl (C=O) groups is 2. The maximum atomic E-state index is 13.3. The Morgan fingerprint density at radius 1 is 1.32 bits per heavy atom. The van der Waals surface area contributed by atoms with E-state index in [2.05, 4.69) is 0 Å². The predicted molar refractivity (Wildman–Crippen MR) is 85.4 cm³/mol. The van der Waals surface area contributed by atoms with Crippen LogP contribution in [-0.4, -0.2) is 42.0 Å². The van der Waals surface area contributed by atoms with Crippen LogP contribution in [0.25, 0.3) is 0 Å². The van der Waals surface area contributed by atoms with Crippen LogP contribution in [-0.2, 0) is 9.53 Å². The van der Waals surface area contributed by atoms with Crippen molar-refractivity contribution in [3.63, 3.8) is 0 Å². The predicted octanol–water partition coefficient (Wildman–Crippen LogP) is 2.64. The number of rotatable bonds is 6. The third-order valence-corrected chi connectivity index (χ3v) is 4.02. The molecular formula is C18H16FNO5. The average molecular weight is 345 g/mol. The first-order valence-electron chi connectivity index (χ1n) is 7.61. The summed E-state index contributed by atoms with van der Waals surface area (Å²) >= 11 is 0. The number of furan rings is 1. The van der Waals surface area contributed by atoms with Gasteiger partial charge in [0.05, 0.1) is 24.5 Å². The molecule has 0 spiro atoms. The smallest absolute Gasteiger partial charge is 0.290 e. The first-order chi connectivity index (χ1) is 12.0. The van der Waals surface area contributed by atoms with E-state index in [0.717, 1.165) is 0 Å². The lowest BCUT2D eigenvalue weighted by Gasteiger charge is -2.26. The van der Waals surface area contributed by atoms with Crippen LogP contribution < -0.4 is 0 Å². The molecule has 1 N–H and O–H groups in total. The highest BCUT2D eigenvalue weighted by molar-refractivity contribution is 6.14. The molecule has 6 nitrogen and oxygen atoms in total. The molecule has 0 saturated heterocycles. The molecule has 2 aromatic rings. The number of ketones is 1. The number of aliphatic hydroxyl groups is 1. The highest BCUT2D eigenvalue weighted by Gasteiger charge is 2.44. The number of benzene rings is 1. The van der Waals surface area contributed by atoms with Gasteiger partial charge in [0, 0.05) is 13.7 Å². The Morgan fingerprint density at radius 3 is 2.64 bits per heavy atom. The third kappa shape index (κ3) is 3.06. The zero-order valence-corrected chi connectivity index (χ0v) is 13.4. The van der Waals surface area contributed by atoms with E-state index in [1.54, 1.807) is 0 Å². The third-order valence-electron chi connectivity index (χ3n) is 4.02. The van der Waals surface area contributed by atoms with Crippen molar-refractivity contribution in [1.82, 2.24) is 4.90 Å². The Bertz CT molecular complexity index is 811. The van der Waals surface area contributed by atoms with Crippen LogP contribution in [0.2, 0.25) is 0 Å². The summed E-state index contributed by atoms with van der Waals surface area (Å²) in [5, 5.41) is 10.3. The van der Waals surface area contributed by atoms with Crippen molar-refractivity contribution in [1.29, 1.82) is 0 Å². The number of hydrogen-bond donors (Lipinski definition) is 1. The van der Waals surface area contributed by atoms with Crippen LogP contribution in [0.1, 0.15) is 22.2 Å². The minimum absolute atomic E-state index is 0.00931. The van der Waals surface area contributed by atoms with Gasteiger partial charge in [-0.25, -0.2) is 4.39 Å². The van der Waals surface area contributed by atoms with Crippen LogP contribution in [0, 0.1) is 5.82 Å². The number of aliphatic hydroxyl groups excluding tert-OH is 1. The van der Waals surface area contributed by atoms with Crippen LogP contribution in [0.3, 0.4) is 0 Å². The van der Waals surface area contributed by atoms with Crippen LogP contribution >= 0.6 is 0 Å². The molecule has 1 unspecified atom stereocenters. The molecule has 1 aliphatic rings. The number of halogens is 1. The Kier molecular flexibility index (Phi) is 4.67. The van der Waals surface area contributed by atoms with E-state index in [9.17, 15) is 19.1 Å². The molecule has 25 heavy (non-hydrogen) atoms. The molecular weight excluding hydrogens is 329 g/mol. The van der Waals surface area contributed by atoms with E-state index in [1.165, 1.54) is 54.7 Å². The largest absolute Gasteiger partial charge is 0.503 e. The number of hydrogen-bond acceptors (Lipinski definition) is 5. The van der Waals surface area contributed by atoms with Crippen LogP contribution in [0.5, 0.6) is 0 Å². The molecule has 1 atom stereocenters. The zero-order chi connectivity index (χ0) is 18.0. The van der Waals surface area contributed by atoms with Crippen LogP contribution in [0.4, 0.5) is 4.39 Å². The molecule has 1 aromatic carbocycles. The summed E-state index contributed by atoms with van der Waals surface area (Å²) in [6, 6.07) is 7.56. The van der Waals surface area contributed by atoms with Gasteiger partial charge in [0.1, 0.15) is 5.82 Å². The van der Waals surface area contributed by atoms with Gasteiger partial charge < -0.3 is 19.2 Å². The number of ether oxygens (including phenoxy) is 1. The summed E-state index contributed by atoms with van der Waals surface area (Å²) in [5.41, 5.74) is 0.410. The number of nitrogens with zero attached hydrogens (tertiary/aromatic N) is 1. The summed E-state index contributed by atoms with van der Waals surface area (Å²) in [6.07, 6.45) is 1.33. The van der Waals surface area contributed by atoms with Crippen molar-refractivity contribution in [3.05, 3.63) is 71.1 Å². The maximum Gasteiger partial charge on any atom is 0.290 e. The molecule has 1 aromatic heterocycles. The minimum atomic E-state index is -0.846. The van der Waals surface area contributed by atoms with E-state index < -0.39 is 29.3 Å². The van der Waals surface area contributed by atoms with Crippen molar-refractivity contribution in [3.8, 4) is 0 Å². The molecule has 1 amide bonds. The van der Waals surface area contributed by atoms with Gasteiger partial charge in [0.25, 0.3) is 5.91 Å². The Balaban J connectivity index is 2.06. The average Bonchev–Trinajstić information content (AvgIpc) is 3.22. The van der Waals surface area contributed by atoms with E-state index in [-0.39, 0.29) is 24.5 Å². The monoisotopic (exact) mass is 345 g/mol. The fraction of sp³-hybridized carbons (Fsp3) is 0.222. The van der Waals surface area contributed by atoms with Crippen molar-refractivity contribution < 1.29 is 28.2 Å². The Morgan fingerprint density at radius 2 is 2.04 bits per heavy atom. The summed E-state index contributed by atoms with van der Waals surface area (Å²) in [7, 11) is 1.48. The standard InChI is InChI=1S/C18H16FNO5/c1-24-10-8-20-15(11-4-6-12(19)7-5-11)14(17(22)18(20)23)16(21)13-3-2-9-25-13/h2-7,9,15,22H,8,10H2,1H3. The van der Waals surface area contributed by atoms with Gasteiger partial charge in [0.15, 0.2) is 11.5 Å². The topological polar surface area (TPSA) is 80.0 Å². The van der Waals surface area contributed by atoms with Gasteiger partial charge in [-0.3, -0.25) is 9.59 Å². The number of Topliss-reactive ketones (excluding diaryl/α,β-unsaturated/α-hetero) is 1. The van der Waals surface area contributed by atoms with Gasteiger partial charge in [-0.2, -0.15) is 0 Å². The van der Waals surface area contributed by atoms with Gasteiger partial charge in [-0.1, -0.05) is 12.1 Å². The molecule has 1 aliphatic heterocycles. The SMILES string of the molecule is COCCN1C(=O)C(O)=C(C(=O)c2ccco2)C1c1ccc(F)cc1. The number of amides is 1. The highest BCUT2D eigenvalue weighted by atomic mass is 19.1. The van der Waals surface area contributed by atoms with E-state index in [4.69, 9.17) is 9.15 Å². The fourth-order valence-corrected chi connectivity index (χ4v) is 2.84. The van der Waals surface area contributed by atoms with E-state index >= 15 is 0 Å². The minimum Gasteiger partial charge on any atom is -0.503 e. The lowest BCUT2D eigenvalue weighted by atomic mass is 9.95. The van der Waals surface area contributed by atoms with Crippen molar-refractivity contribution >= 4 is 11.7 Å². The number of methoxy groups -OCH3 is 1. The maximum absolute atomic E-state index is 13.3. The summed E-state index contributed by atoms with van der Waals surface area (Å²) in [4.78, 5) is 26.5. The molecule has 0 bridgehead atoms. The van der Waals surface area contributed by atoms with Crippen LogP contribution in [0.15, 0.2) is 58.4 Å². The second kappa shape index (κ2) is 6.90. The summed E-state index contributed by atoms with van der Waals surface area (Å²) in [5.74, 6) is -2.34. The van der Waals surface area contributed by atoms with Gasteiger partial charge in [-0.15, -0.1) is 0 Å². The van der Waals surface area contributed by atoms with E-state index in [1.807, 2.05) is 0 Å².